The van der Waals surface area contributed by atoms with Gasteiger partial charge in [0, 0.05) is 12.3 Å². The van der Waals surface area contributed by atoms with E-state index >= 15 is 0 Å². The predicted molar refractivity (Wildman–Crippen MR) is 72.5 cm³/mol. The number of amides is 2. The molecule has 2 amide bonds. The van der Waals surface area contributed by atoms with Gasteiger partial charge in [0.05, 0.1) is 5.54 Å². The van der Waals surface area contributed by atoms with Gasteiger partial charge in [-0.3, -0.25) is 9.59 Å². The SMILES string of the molecule is CCC(CC)(CN)NC(=O)[C@@H]1CSC(=O)N1.Cl. The van der Waals surface area contributed by atoms with E-state index in [0.717, 1.165) is 24.6 Å². The number of hydrogen-bond donors (Lipinski definition) is 3. The lowest BCUT2D eigenvalue weighted by Gasteiger charge is -2.32. The van der Waals surface area contributed by atoms with Gasteiger partial charge in [0.2, 0.25) is 5.91 Å². The molecule has 17 heavy (non-hydrogen) atoms. The maximum atomic E-state index is 11.9. The molecule has 0 radical (unpaired) electrons. The fraction of sp³-hybridized carbons (Fsp3) is 0.800. The number of hydrogen-bond acceptors (Lipinski definition) is 4. The second-order valence-corrected chi connectivity index (χ2v) is 4.97. The second-order valence-electron chi connectivity index (χ2n) is 3.98. The molecule has 5 nitrogen and oxygen atoms in total. The van der Waals surface area contributed by atoms with Gasteiger partial charge in [0.25, 0.3) is 5.24 Å². The lowest BCUT2D eigenvalue weighted by Crippen LogP contribution is -2.57. The Morgan fingerprint density at radius 2 is 2.18 bits per heavy atom. The molecule has 0 aromatic rings. The first kappa shape index (κ1) is 16.5. The lowest BCUT2D eigenvalue weighted by atomic mass is 9.92. The van der Waals surface area contributed by atoms with Crippen molar-refractivity contribution >= 4 is 35.3 Å². The first-order valence-electron chi connectivity index (χ1n) is 5.52. The number of halogens is 1. The van der Waals surface area contributed by atoms with Crippen molar-refractivity contribution in [3.63, 3.8) is 0 Å². The Balaban J connectivity index is 0.00000256. The average Bonchev–Trinajstić information content (AvgIpc) is 2.73. The van der Waals surface area contributed by atoms with Crippen molar-refractivity contribution < 1.29 is 9.59 Å². The highest BCUT2D eigenvalue weighted by molar-refractivity contribution is 8.14. The Labute approximate surface area is 112 Å². The van der Waals surface area contributed by atoms with Crippen LogP contribution >= 0.6 is 24.2 Å². The van der Waals surface area contributed by atoms with Gasteiger partial charge in [0.1, 0.15) is 6.04 Å². The van der Waals surface area contributed by atoms with Crippen molar-refractivity contribution in [3.8, 4) is 0 Å². The average molecular weight is 282 g/mol. The molecular weight excluding hydrogens is 262 g/mol. The number of carbonyl (C=O) groups is 2. The number of thioether (sulfide) groups is 1. The minimum Gasteiger partial charge on any atom is -0.348 e. The summed E-state index contributed by atoms with van der Waals surface area (Å²) in [6.45, 7) is 4.41. The van der Waals surface area contributed by atoms with Gasteiger partial charge in [-0.05, 0) is 12.8 Å². The molecule has 0 aromatic heterocycles. The third-order valence-corrected chi connectivity index (χ3v) is 4.00. The van der Waals surface area contributed by atoms with Gasteiger partial charge in [-0.2, -0.15) is 0 Å². The molecule has 1 heterocycles. The summed E-state index contributed by atoms with van der Waals surface area (Å²) in [7, 11) is 0. The van der Waals surface area contributed by atoms with Crippen LogP contribution in [0.1, 0.15) is 26.7 Å². The Morgan fingerprint density at radius 3 is 2.53 bits per heavy atom. The monoisotopic (exact) mass is 281 g/mol. The molecule has 0 spiro atoms. The molecule has 1 rings (SSSR count). The van der Waals surface area contributed by atoms with E-state index in [2.05, 4.69) is 10.6 Å². The summed E-state index contributed by atoms with van der Waals surface area (Å²) in [4.78, 5) is 22.9. The van der Waals surface area contributed by atoms with E-state index in [1.165, 1.54) is 0 Å². The maximum absolute atomic E-state index is 11.9. The molecule has 0 aliphatic carbocycles. The van der Waals surface area contributed by atoms with Crippen molar-refractivity contribution in [1.82, 2.24) is 10.6 Å². The van der Waals surface area contributed by atoms with Gasteiger partial charge < -0.3 is 16.4 Å². The van der Waals surface area contributed by atoms with Crippen molar-refractivity contribution in [1.29, 1.82) is 0 Å². The van der Waals surface area contributed by atoms with Crippen molar-refractivity contribution in [2.24, 2.45) is 5.73 Å². The summed E-state index contributed by atoms with van der Waals surface area (Å²) in [6.07, 6.45) is 1.58. The van der Waals surface area contributed by atoms with Crippen LogP contribution < -0.4 is 16.4 Å². The van der Waals surface area contributed by atoms with Crippen LogP contribution in [0.4, 0.5) is 4.79 Å². The minimum absolute atomic E-state index is 0. The topological polar surface area (TPSA) is 84.2 Å². The Hall–Kier alpha value is -0.460. The molecule has 0 aromatic carbocycles. The molecule has 1 saturated heterocycles. The summed E-state index contributed by atoms with van der Waals surface area (Å²) in [5, 5.41) is 5.44. The van der Waals surface area contributed by atoms with Crippen molar-refractivity contribution in [2.45, 2.75) is 38.3 Å². The quantitative estimate of drug-likeness (QED) is 0.698. The largest absolute Gasteiger partial charge is 0.348 e. The molecule has 7 heteroatoms. The molecule has 0 bridgehead atoms. The Morgan fingerprint density at radius 1 is 1.59 bits per heavy atom. The zero-order valence-electron chi connectivity index (χ0n) is 10.1. The van der Waals surface area contributed by atoms with Gasteiger partial charge in [-0.15, -0.1) is 12.4 Å². The number of carbonyl (C=O) groups excluding carboxylic acids is 2. The van der Waals surface area contributed by atoms with Crippen molar-refractivity contribution in [3.05, 3.63) is 0 Å². The van der Waals surface area contributed by atoms with E-state index in [1.54, 1.807) is 0 Å². The summed E-state index contributed by atoms with van der Waals surface area (Å²) >= 11 is 1.14. The van der Waals surface area contributed by atoms with Crippen LogP contribution in [0.15, 0.2) is 0 Å². The molecule has 1 aliphatic rings. The van der Waals surface area contributed by atoms with Crippen LogP contribution in [0.5, 0.6) is 0 Å². The molecule has 100 valence electrons. The maximum Gasteiger partial charge on any atom is 0.279 e. The van der Waals surface area contributed by atoms with Crippen molar-refractivity contribution in [2.75, 3.05) is 12.3 Å². The van der Waals surface area contributed by atoms with Crippen LogP contribution in [0, 0.1) is 0 Å². The summed E-state index contributed by atoms with van der Waals surface area (Å²) in [5.74, 6) is 0.367. The predicted octanol–water partition coefficient (Wildman–Crippen LogP) is 0.867. The second kappa shape index (κ2) is 7.08. The molecule has 1 atom stereocenters. The zero-order valence-corrected chi connectivity index (χ0v) is 11.7. The van der Waals surface area contributed by atoms with E-state index < -0.39 is 6.04 Å². The lowest BCUT2D eigenvalue weighted by molar-refractivity contribution is -0.124. The van der Waals surface area contributed by atoms with Crippen LogP contribution in [0.2, 0.25) is 0 Å². The van der Waals surface area contributed by atoms with Crippen LogP contribution in [0.3, 0.4) is 0 Å². The summed E-state index contributed by atoms with van der Waals surface area (Å²) < 4.78 is 0. The molecule has 4 N–H and O–H groups in total. The molecule has 0 unspecified atom stereocenters. The Kier molecular flexibility index (Phi) is 6.89. The molecule has 1 aliphatic heterocycles. The molecule has 1 fully saturated rings. The highest BCUT2D eigenvalue weighted by Gasteiger charge is 2.33. The van der Waals surface area contributed by atoms with E-state index in [9.17, 15) is 9.59 Å². The smallest absolute Gasteiger partial charge is 0.279 e. The van der Waals surface area contributed by atoms with Gasteiger partial charge in [-0.25, -0.2) is 0 Å². The first-order valence-corrected chi connectivity index (χ1v) is 6.51. The normalized spacial score (nSPS) is 19.5. The number of rotatable bonds is 5. The molecule has 0 saturated carbocycles. The highest BCUT2D eigenvalue weighted by atomic mass is 35.5. The zero-order chi connectivity index (χ0) is 12.2. The summed E-state index contributed by atoms with van der Waals surface area (Å²) in [6, 6.07) is -0.415. The third-order valence-electron chi connectivity index (χ3n) is 3.12. The number of nitrogens with two attached hydrogens (primary N) is 1. The van der Waals surface area contributed by atoms with Crippen LogP contribution in [-0.2, 0) is 4.79 Å². The fourth-order valence-electron chi connectivity index (χ4n) is 1.64. The van der Waals surface area contributed by atoms with Gasteiger partial charge in [0.15, 0.2) is 0 Å². The van der Waals surface area contributed by atoms with E-state index in [4.69, 9.17) is 5.73 Å². The summed E-state index contributed by atoms with van der Waals surface area (Å²) in [5.41, 5.74) is 5.36. The number of nitrogens with one attached hydrogen (secondary N) is 2. The van der Waals surface area contributed by atoms with E-state index in [0.29, 0.717) is 12.3 Å². The fourth-order valence-corrected chi connectivity index (χ4v) is 2.42. The standard InChI is InChI=1S/C10H19N3O2S.ClH/c1-3-10(4-2,6-11)13-8(14)7-5-16-9(15)12-7;/h7H,3-6,11H2,1-2H3,(H,12,15)(H,13,14);1H/t7-;/m0./s1. The van der Waals surface area contributed by atoms with Gasteiger partial charge >= 0.3 is 0 Å². The first-order chi connectivity index (χ1) is 7.56. The van der Waals surface area contributed by atoms with E-state index in [1.807, 2.05) is 13.8 Å². The van der Waals surface area contributed by atoms with Gasteiger partial charge in [-0.1, -0.05) is 25.6 Å². The highest BCUT2D eigenvalue weighted by Crippen LogP contribution is 2.17. The molecular formula is C10H20ClN3O2S. The van der Waals surface area contributed by atoms with Crippen LogP contribution in [-0.4, -0.2) is 35.0 Å². The van der Waals surface area contributed by atoms with E-state index in [-0.39, 0.29) is 29.1 Å². The minimum atomic E-state index is -0.415. The third kappa shape index (κ3) is 4.04. The Bertz CT molecular complexity index is 276. The van der Waals surface area contributed by atoms with Crippen LogP contribution in [0.25, 0.3) is 0 Å².